The first-order valence-corrected chi connectivity index (χ1v) is 6.44. The Labute approximate surface area is 98.4 Å². The lowest BCUT2D eigenvalue weighted by Crippen LogP contribution is -2.42. The summed E-state index contributed by atoms with van der Waals surface area (Å²) in [7, 11) is 0. The van der Waals surface area contributed by atoms with E-state index in [4.69, 9.17) is 16.6 Å². The van der Waals surface area contributed by atoms with E-state index in [1.165, 1.54) is 11.9 Å². The van der Waals surface area contributed by atoms with Crippen molar-refractivity contribution in [2.24, 2.45) is 0 Å². The summed E-state index contributed by atoms with van der Waals surface area (Å²) in [4.78, 5) is 6.25. The molecule has 0 spiro atoms. The van der Waals surface area contributed by atoms with Gasteiger partial charge in [0.1, 0.15) is 6.17 Å². The molecule has 1 N–H and O–H groups in total. The third kappa shape index (κ3) is 2.70. The molecule has 1 aromatic heterocycles. The Morgan fingerprint density at radius 2 is 2.40 bits per heavy atom. The minimum Gasteiger partial charge on any atom is -0.445 e. The van der Waals surface area contributed by atoms with Crippen molar-refractivity contribution in [3.63, 3.8) is 0 Å². The highest BCUT2D eigenvalue weighted by atomic mass is 32.2. The van der Waals surface area contributed by atoms with Gasteiger partial charge in [0.15, 0.2) is 12.2 Å². The highest BCUT2D eigenvalue weighted by Gasteiger charge is 2.23. The lowest BCUT2D eigenvalue weighted by atomic mass is 10.3. The van der Waals surface area contributed by atoms with Crippen LogP contribution in [0.2, 0.25) is 0 Å². The van der Waals surface area contributed by atoms with E-state index < -0.39 is 0 Å². The number of aromatic nitrogens is 1. The monoisotopic (exact) mass is 243 g/mol. The second-order valence-electron chi connectivity index (χ2n) is 3.24. The van der Waals surface area contributed by atoms with Gasteiger partial charge in [-0.2, -0.15) is 11.8 Å². The number of hydrogen-bond acceptors (Lipinski definition) is 5. The van der Waals surface area contributed by atoms with Crippen LogP contribution in [0.4, 0.5) is 0 Å². The Morgan fingerprint density at radius 1 is 1.60 bits per heavy atom. The van der Waals surface area contributed by atoms with E-state index in [0.717, 1.165) is 30.4 Å². The Bertz CT molecular complexity index is 298. The van der Waals surface area contributed by atoms with Crippen molar-refractivity contribution in [3.05, 3.63) is 18.4 Å². The van der Waals surface area contributed by atoms with Crippen LogP contribution >= 0.6 is 24.0 Å². The standard InChI is InChI=1S/C9H13N3OS2/c14-7-11-9(8-5-10-6-13-8)12-1-3-15-4-2-12/h5-7,9H,1-4H2,(H,11,14). The van der Waals surface area contributed by atoms with E-state index in [1.807, 2.05) is 11.8 Å². The highest BCUT2D eigenvalue weighted by Crippen LogP contribution is 2.21. The molecule has 1 saturated heterocycles. The fourth-order valence-electron chi connectivity index (χ4n) is 1.63. The molecular weight excluding hydrogens is 230 g/mol. The molecule has 6 heteroatoms. The largest absolute Gasteiger partial charge is 0.445 e. The van der Waals surface area contributed by atoms with Crippen LogP contribution in [0.15, 0.2) is 17.0 Å². The van der Waals surface area contributed by atoms with Gasteiger partial charge in [-0.3, -0.25) is 4.90 Å². The molecule has 4 nitrogen and oxygen atoms in total. The zero-order chi connectivity index (χ0) is 10.5. The van der Waals surface area contributed by atoms with Crippen molar-refractivity contribution in [3.8, 4) is 0 Å². The number of oxazole rings is 1. The second kappa shape index (κ2) is 5.48. The number of nitrogens with zero attached hydrogens (tertiary/aromatic N) is 2. The Morgan fingerprint density at radius 3 is 3.00 bits per heavy atom. The molecule has 0 bridgehead atoms. The number of thioether (sulfide) groups is 1. The molecule has 82 valence electrons. The summed E-state index contributed by atoms with van der Waals surface area (Å²) in [6.07, 6.45) is 3.22. The van der Waals surface area contributed by atoms with Crippen LogP contribution in [0.25, 0.3) is 0 Å². The first-order chi connectivity index (χ1) is 7.42. The summed E-state index contributed by atoms with van der Waals surface area (Å²) in [6, 6.07) is 0. The van der Waals surface area contributed by atoms with Gasteiger partial charge in [0, 0.05) is 24.6 Å². The molecule has 0 saturated carbocycles. The van der Waals surface area contributed by atoms with Crippen LogP contribution in [0.3, 0.4) is 0 Å². The molecule has 1 aromatic rings. The fourth-order valence-corrected chi connectivity index (χ4v) is 2.69. The normalized spacial score (nSPS) is 19.7. The van der Waals surface area contributed by atoms with Crippen LogP contribution in [0.5, 0.6) is 0 Å². The van der Waals surface area contributed by atoms with E-state index in [0.29, 0.717) is 0 Å². The summed E-state index contributed by atoms with van der Waals surface area (Å²) >= 11 is 6.82. The van der Waals surface area contributed by atoms with Gasteiger partial charge in [0.25, 0.3) is 0 Å². The predicted molar refractivity (Wildman–Crippen MR) is 64.9 cm³/mol. The van der Waals surface area contributed by atoms with Crippen molar-refractivity contribution in [2.75, 3.05) is 24.6 Å². The maximum absolute atomic E-state index is 5.31. The third-order valence-electron chi connectivity index (χ3n) is 2.36. The van der Waals surface area contributed by atoms with Crippen molar-refractivity contribution in [1.29, 1.82) is 0 Å². The summed E-state index contributed by atoms with van der Waals surface area (Å²) in [5.74, 6) is 3.14. The molecule has 0 radical (unpaired) electrons. The van der Waals surface area contributed by atoms with Gasteiger partial charge in [-0.25, -0.2) is 4.98 Å². The SMILES string of the molecule is S=CNC(c1cnco1)N1CCSCC1. The molecule has 1 aliphatic rings. The maximum atomic E-state index is 5.31. The number of rotatable bonds is 4. The van der Waals surface area contributed by atoms with Crippen LogP contribution in [-0.4, -0.2) is 40.0 Å². The number of hydrogen-bond donors (Lipinski definition) is 1. The molecule has 2 heterocycles. The molecule has 0 aliphatic carbocycles. The summed E-state index contributed by atoms with van der Waals surface area (Å²) < 4.78 is 5.31. The van der Waals surface area contributed by atoms with Gasteiger partial charge < -0.3 is 9.73 Å². The van der Waals surface area contributed by atoms with E-state index in [2.05, 4.69) is 15.2 Å². The first kappa shape index (κ1) is 10.9. The zero-order valence-corrected chi connectivity index (χ0v) is 9.89. The molecule has 2 rings (SSSR count). The lowest BCUT2D eigenvalue weighted by molar-refractivity contribution is 0.180. The van der Waals surface area contributed by atoms with E-state index in [1.54, 1.807) is 6.20 Å². The Kier molecular flexibility index (Phi) is 3.99. The highest BCUT2D eigenvalue weighted by molar-refractivity contribution is 7.99. The van der Waals surface area contributed by atoms with E-state index in [-0.39, 0.29) is 6.17 Å². The van der Waals surface area contributed by atoms with Crippen molar-refractivity contribution in [1.82, 2.24) is 15.2 Å². The first-order valence-electron chi connectivity index (χ1n) is 4.81. The van der Waals surface area contributed by atoms with Gasteiger partial charge in [-0.05, 0) is 0 Å². The predicted octanol–water partition coefficient (Wildman–Crippen LogP) is 1.27. The van der Waals surface area contributed by atoms with Gasteiger partial charge in [0.2, 0.25) is 0 Å². The Hall–Kier alpha value is -0.590. The minimum atomic E-state index is 0.0332. The second-order valence-corrected chi connectivity index (χ2v) is 4.70. The number of nitrogens with one attached hydrogen (secondary N) is 1. The summed E-state index contributed by atoms with van der Waals surface area (Å²) in [5, 5.41) is 3.13. The van der Waals surface area contributed by atoms with Crippen LogP contribution in [0.1, 0.15) is 11.9 Å². The average molecular weight is 243 g/mol. The molecule has 1 unspecified atom stereocenters. The van der Waals surface area contributed by atoms with E-state index in [9.17, 15) is 0 Å². The number of thiocarbonyl (C=S) groups is 1. The van der Waals surface area contributed by atoms with E-state index >= 15 is 0 Å². The van der Waals surface area contributed by atoms with Crippen LogP contribution < -0.4 is 5.32 Å². The van der Waals surface area contributed by atoms with Crippen molar-refractivity contribution < 1.29 is 4.42 Å². The smallest absolute Gasteiger partial charge is 0.181 e. The van der Waals surface area contributed by atoms with Gasteiger partial charge >= 0.3 is 0 Å². The summed E-state index contributed by atoms with van der Waals surface area (Å²) in [6.45, 7) is 2.10. The minimum absolute atomic E-state index is 0.0332. The average Bonchev–Trinajstić information content (AvgIpc) is 2.80. The molecule has 1 aliphatic heterocycles. The zero-order valence-electron chi connectivity index (χ0n) is 8.26. The lowest BCUT2D eigenvalue weighted by Gasteiger charge is -2.32. The Balaban J connectivity index is 2.07. The van der Waals surface area contributed by atoms with Gasteiger partial charge in [-0.1, -0.05) is 12.2 Å². The van der Waals surface area contributed by atoms with Gasteiger partial charge in [0.05, 0.1) is 11.7 Å². The molecule has 15 heavy (non-hydrogen) atoms. The van der Waals surface area contributed by atoms with Gasteiger partial charge in [-0.15, -0.1) is 0 Å². The molecular formula is C9H13N3OS2. The molecule has 0 amide bonds. The molecule has 0 aromatic carbocycles. The molecule has 1 atom stereocenters. The topological polar surface area (TPSA) is 41.3 Å². The van der Waals surface area contributed by atoms with Crippen molar-refractivity contribution >= 4 is 29.5 Å². The maximum Gasteiger partial charge on any atom is 0.181 e. The quantitative estimate of drug-likeness (QED) is 0.803. The molecule has 1 fully saturated rings. The fraction of sp³-hybridized carbons (Fsp3) is 0.556. The third-order valence-corrected chi connectivity index (χ3v) is 3.44. The van der Waals surface area contributed by atoms with Crippen molar-refractivity contribution in [2.45, 2.75) is 6.17 Å². The summed E-state index contributed by atoms with van der Waals surface area (Å²) in [5.41, 5.74) is 1.54. The van der Waals surface area contributed by atoms with Crippen LogP contribution in [-0.2, 0) is 0 Å². The van der Waals surface area contributed by atoms with Crippen LogP contribution in [0, 0.1) is 0 Å².